The van der Waals surface area contributed by atoms with E-state index in [0.717, 1.165) is 25.1 Å². The molecule has 0 unspecified atom stereocenters. The molecule has 0 radical (unpaired) electrons. The number of benzene rings is 1. The van der Waals surface area contributed by atoms with E-state index in [2.05, 4.69) is 28.0 Å². The molecule has 0 saturated heterocycles. The highest BCUT2D eigenvalue weighted by molar-refractivity contribution is 7.09. The van der Waals surface area contributed by atoms with Crippen molar-refractivity contribution in [2.24, 2.45) is 10.9 Å². The number of hydrogen-bond acceptors (Lipinski definition) is 5. The lowest BCUT2D eigenvalue weighted by molar-refractivity contribution is 0.318. The lowest BCUT2D eigenvalue weighted by Gasteiger charge is -2.10. The van der Waals surface area contributed by atoms with Gasteiger partial charge in [-0.05, 0) is 35.6 Å². The largest absolute Gasteiger partial charge is 0.496 e. The molecule has 0 amide bonds. The number of rotatable bonds is 7. The van der Waals surface area contributed by atoms with Crippen LogP contribution in [0.25, 0.3) is 0 Å². The first kappa shape index (κ1) is 15.3. The molecule has 0 aliphatic heterocycles. The number of nitrogens with two attached hydrogens (primary N) is 1. The van der Waals surface area contributed by atoms with E-state index in [1.54, 1.807) is 18.4 Å². The average Bonchev–Trinajstić information content (AvgIpc) is 3.04. The van der Waals surface area contributed by atoms with Crippen LogP contribution in [0.5, 0.6) is 5.75 Å². The van der Waals surface area contributed by atoms with Crippen molar-refractivity contribution < 1.29 is 9.94 Å². The monoisotopic (exact) mass is 305 g/mol. The minimum absolute atomic E-state index is 0.0484. The van der Waals surface area contributed by atoms with Crippen molar-refractivity contribution >= 4 is 17.2 Å². The van der Waals surface area contributed by atoms with E-state index in [9.17, 15) is 0 Å². The molecule has 0 aliphatic carbocycles. The normalized spacial score (nSPS) is 11.6. The molecule has 112 valence electrons. The van der Waals surface area contributed by atoms with E-state index in [-0.39, 0.29) is 5.84 Å². The molecule has 0 atom stereocenters. The Morgan fingerprint density at radius 2 is 2.29 bits per heavy atom. The van der Waals surface area contributed by atoms with Crippen molar-refractivity contribution in [3.05, 3.63) is 51.7 Å². The van der Waals surface area contributed by atoms with E-state index in [1.165, 1.54) is 4.88 Å². The van der Waals surface area contributed by atoms with Crippen molar-refractivity contribution in [2.75, 3.05) is 13.7 Å². The number of amidine groups is 1. The lowest BCUT2D eigenvalue weighted by Crippen LogP contribution is -2.18. The molecule has 1 aromatic carbocycles. The smallest absolute Gasteiger partial charge is 0.173 e. The van der Waals surface area contributed by atoms with Crippen LogP contribution in [0, 0.1) is 0 Å². The van der Waals surface area contributed by atoms with Gasteiger partial charge in [0.2, 0.25) is 0 Å². The second-order valence-corrected chi connectivity index (χ2v) is 5.56. The standard InChI is InChI=1S/C15H19N3O2S/c1-20-14-5-4-11(9-13(14)15(16)18-19)10-17-7-6-12-3-2-8-21-12/h2-5,8-9,17,19H,6-7,10H2,1H3,(H2,16,18). The summed E-state index contributed by atoms with van der Waals surface area (Å²) >= 11 is 1.77. The number of ether oxygens (including phenoxy) is 1. The molecule has 21 heavy (non-hydrogen) atoms. The van der Waals surface area contributed by atoms with E-state index in [1.807, 2.05) is 18.2 Å². The molecule has 0 bridgehead atoms. The Bertz CT molecular complexity index is 597. The van der Waals surface area contributed by atoms with Gasteiger partial charge in [-0.1, -0.05) is 17.3 Å². The second-order valence-electron chi connectivity index (χ2n) is 4.53. The Balaban J connectivity index is 1.94. The lowest BCUT2D eigenvalue weighted by atomic mass is 10.1. The topological polar surface area (TPSA) is 79.9 Å². The highest BCUT2D eigenvalue weighted by atomic mass is 32.1. The maximum atomic E-state index is 8.81. The van der Waals surface area contributed by atoms with Crippen LogP contribution < -0.4 is 15.8 Å². The van der Waals surface area contributed by atoms with Gasteiger partial charge in [0, 0.05) is 18.0 Å². The molecular weight excluding hydrogens is 286 g/mol. The minimum Gasteiger partial charge on any atom is -0.496 e. The third-order valence-electron chi connectivity index (χ3n) is 3.10. The van der Waals surface area contributed by atoms with Crippen LogP contribution in [-0.4, -0.2) is 24.7 Å². The molecule has 6 heteroatoms. The van der Waals surface area contributed by atoms with Gasteiger partial charge in [0.25, 0.3) is 0 Å². The third-order valence-corrected chi connectivity index (χ3v) is 4.04. The summed E-state index contributed by atoms with van der Waals surface area (Å²) in [6.07, 6.45) is 1.01. The molecule has 1 aromatic heterocycles. The summed E-state index contributed by atoms with van der Waals surface area (Å²) in [6.45, 7) is 1.63. The van der Waals surface area contributed by atoms with Crippen molar-refractivity contribution in [1.82, 2.24) is 5.32 Å². The summed E-state index contributed by atoms with van der Waals surface area (Å²) in [5.74, 6) is 0.639. The van der Waals surface area contributed by atoms with Gasteiger partial charge in [0.15, 0.2) is 5.84 Å². The molecule has 1 heterocycles. The molecule has 4 N–H and O–H groups in total. The molecule has 0 spiro atoms. The van der Waals surface area contributed by atoms with Crippen LogP contribution >= 0.6 is 11.3 Å². The maximum absolute atomic E-state index is 8.81. The first-order chi connectivity index (χ1) is 10.2. The fourth-order valence-electron chi connectivity index (χ4n) is 2.02. The van der Waals surface area contributed by atoms with Gasteiger partial charge >= 0.3 is 0 Å². The average molecular weight is 305 g/mol. The minimum atomic E-state index is 0.0484. The molecule has 5 nitrogen and oxygen atoms in total. The van der Waals surface area contributed by atoms with Crippen molar-refractivity contribution in [1.29, 1.82) is 0 Å². The van der Waals surface area contributed by atoms with Gasteiger partial charge in [0.1, 0.15) is 5.75 Å². The second kappa shape index (κ2) is 7.66. The Kier molecular flexibility index (Phi) is 5.59. The summed E-state index contributed by atoms with van der Waals surface area (Å²) in [5.41, 5.74) is 7.31. The van der Waals surface area contributed by atoms with Crippen LogP contribution in [0.15, 0.2) is 40.9 Å². The zero-order chi connectivity index (χ0) is 15.1. The molecule has 2 rings (SSSR count). The van der Waals surface area contributed by atoms with E-state index in [0.29, 0.717) is 11.3 Å². The van der Waals surface area contributed by atoms with E-state index < -0.39 is 0 Å². The predicted molar refractivity (Wildman–Crippen MR) is 85.2 cm³/mol. The number of nitrogens with one attached hydrogen (secondary N) is 1. The quantitative estimate of drug-likeness (QED) is 0.241. The fourth-order valence-corrected chi connectivity index (χ4v) is 2.73. The Hall–Kier alpha value is -2.05. The molecular formula is C15H19N3O2S. The van der Waals surface area contributed by atoms with Crippen molar-refractivity contribution in [3.63, 3.8) is 0 Å². The SMILES string of the molecule is COc1ccc(CNCCc2cccs2)cc1C(N)=NO. The first-order valence-electron chi connectivity index (χ1n) is 6.62. The van der Waals surface area contributed by atoms with Crippen LogP contribution in [0.1, 0.15) is 16.0 Å². The summed E-state index contributed by atoms with van der Waals surface area (Å²) in [5, 5.41) is 17.3. The number of oxime groups is 1. The van der Waals surface area contributed by atoms with Gasteiger partial charge in [-0.3, -0.25) is 0 Å². The summed E-state index contributed by atoms with van der Waals surface area (Å²) in [7, 11) is 1.56. The molecule has 0 aliphatic rings. The number of methoxy groups -OCH3 is 1. The molecule has 2 aromatic rings. The zero-order valence-corrected chi connectivity index (χ0v) is 12.7. The van der Waals surface area contributed by atoms with Gasteiger partial charge < -0.3 is 21.0 Å². The highest BCUT2D eigenvalue weighted by Crippen LogP contribution is 2.19. The van der Waals surface area contributed by atoms with Crippen LogP contribution in [0.3, 0.4) is 0 Å². The van der Waals surface area contributed by atoms with E-state index >= 15 is 0 Å². The van der Waals surface area contributed by atoms with Crippen LogP contribution in [0.2, 0.25) is 0 Å². The Morgan fingerprint density at radius 1 is 1.43 bits per heavy atom. The van der Waals surface area contributed by atoms with Gasteiger partial charge in [0.05, 0.1) is 12.7 Å². The van der Waals surface area contributed by atoms with Gasteiger partial charge in [-0.15, -0.1) is 11.3 Å². The third kappa shape index (κ3) is 4.21. The maximum Gasteiger partial charge on any atom is 0.173 e. The molecule has 0 fully saturated rings. The highest BCUT2D eigenvalue weighted by Gasteiger charge is 2.08. The zero-order valence-electron chi connectivity index (χ0n) is 11.9. The first-order valence-corrected chi connectivity index (χ1v) is 7.50. The van der Waals surface area contributed by atoms with Crippen molar-refractivity contribution in [2.45, 2.75) is 13.0 Å². The number of thiophene rings is 1. The summed E-state index contributed by atoms with van der Waals surface area (Å²) in [6, 6.07) is 9.85. The summed E-state index contributed by atoms with van der Waals surface area (Å²) < 4.78 is 5.21. The van der Waals surface area contributed by atoms with Crippen LogP contribution in [0.4, 0.5) is 0 Å². The Labute approximate surface area is 128 Å². The number of hydrogen-bond donors (Lipinski definition) is 3. The fraction of sp³-hybridized carbons (Fsp3) is 0.267. The predicted octanol–water partition coefficient (Wildman–Crippen LogP) is 2.18. The van der Waals surface area contributed by atoms with E-state index in [4.69, 9.17) is 15.7 Å². The number of nitrogens with zero attached hydrogens (tertiary/aromatic N) is 1. The summed E-state index contributed by atoms with van der Waals surface area (Å²) in [4.78, 5) is 1.37. The van der Waals surface area contributed by atoms with Gasteiger partial charge in [-0.25, -0.2) is 0 Å². The van der Waals surface area contributed by atoms with Crippen molar-refractivity contribution in [3.8, 4) is 5.75 Å². The molecule has 0 saturated carbocycles. The van der Waals surface area contributed by atoms with Gasteiger partial charge in [-0.2, -0.15) is 0 Å². The Morgan fingerprint density at radius 3 is 2.95 bits per heavy atom. The van der Waals surface area contributed by atoms with Crippen LogP contribution in [-0.2, 0) is 13.0 Å².